The van der Waals surface area contributed by atoms with Crippen molar-refractivity contribution in [1.29, 1.82) is 0 Å². The molecule has 2 aromatic rings. The van der Waals surface area contributed by atoms with Gasteiger partial charge < -0.3 is 0 Å². The third-order valence-corrected chi connectivity index (χ3v) is 26.3. The molecule has 2 unspecified atom stereocenters. The normalized spacial score (nSPS) is 20.1. The standard InChI is InChI=1S/C19H19.C9H13.2CH3.2ClH.H2Si.Zr/c1-12-11-13(2)19(15(4)14(12)3)18-10-9-16-7-5-6-8-17(16)18;1-6-5-7(2)9(4)8(6)3;;;;;;/h5-11H,1-4H3;6H,1-4H3;2*1H3;2*1H;1H2;. The molecule has 0 spiro atoms. The first-order chi connectivity index (χ1) is 14.8. The average molecular weight is 593 g/mol. The van der Waals surface area contributed by atoms with E-state index >= 15 is 0 Å². The van der Waals surface area contributed by atoms with Gasteiger partial charge in [-0.05, 0) is 0 Å². The zero-order valence-corrected chi connectivity index (χ0v) is 28.1. The zero-order chi connectivity index (χ0) is 23.8. The molecule has 0 N–H and O–H groups in total. The fourth-order valence-electron chi connectivity index (χ4n) is 6.90. The SMILES string of the molecule is CC1=C(C)C(C)[C]([Zr]([CH3])([CH3])(=[SiH2])[CH]2C=C(c3c(C)cc(C)c(C)c3C)c3ccccc32)=C1C.Cl.Cl. The molecule has 0 radical (unpaired) electrons. The van der Waals surface area contributed by atoms with Crippen molar-refractivity contribution in [2.75, 3.05) is 0 Å². The van der Waals surface area contributed by atoms with E-state index in [1.54, 1.807) is 22.3 Å². The summed E-state index contributed by atoms with van der Waals surface area (Å²) in [5, 5.41) is 0. The predicted molar refractivity (Wildman–Crippen MR) is 157 cm³/mol. The van der Waals surface area contributed by atoms with Crippen LogP contribution >= 0.6 is 24.8 Å². The number of hydrogen-bond acceptors (Lipinski definition) is 0. The van der Waals surface area contributed by atoms with Crippen molar-refractivity contribution in [3.05, 3.63) is 95.4 Å². The van der Waals surface area contributed by atoms with Crippen molar-refractivity contribution in [2.24, 2.45) is 5.92 Å². The van der Waals surface area contributed by atoms with E-state index in [-0.39, 0.29) is 24.8 Å². The van der Waals surface area contributed by atoms with Crippen LogP contribution < -0.4 is 0 Å². The van der Waals surface area contributed by atoms with E-state index in [1.165, 1.54) is 39.0 Å². The Morgan fingerprint density at radius 3 is 1.94 bits per heavy atom. The fourth-order valence-corrected chi connectivity index (χ4v) is 25.4. The Morgan fingerprint density at radius 2 is 1.38 bits per heavy atom. The van der Waals surface area contributed by atoms with Crippen molar-refractivity contribution in [1.82, 2.24) is 0 Å². The topological polar surface area (TPSA) is 0 Å². The minimum atomic E-state index is -3.37. The van der Waals surface area contributed by atoms with E-state index in [9.17, 15) is 0 Å². The quantitative estimate of drug-likeness (QED) is 0.312. The van der Waals surface area contributed by atoms with Crippen LogP contribution in [0.1, 0.15) is 70.3 Å². The molecule has 2 aliphatic carbocycles. The molecule has 2 aliphatic rings. The average Bonchev–Trinajstić information content (AvgIpc) is 3.19. The number of rotatable bonds is 3. The van der Waals surface area contributed by atoms with Crippen LogP contribution in [0.4, 0.5) is 0 Å². The van der Waals surface area contributed by atoms with E-state index in [0.29, 0.717) is 9.54 Å². The number of halogens is 2. The second kappa shape index (κ2) is 9.66. The summed E-state index contributed by atoms with van der Waals surface area (Å²) in [5.41, 5.74) is 16.4. The van der Waals surface area contributed by atoms with Crippen LogP contribution in [0.3, 0.4) is 0 Å². The first-order valence-corrected chi connectivity index (χ1v) is 25.6. The molecule has 0 saturated heterocycles. The third-order valence-electron chi connectivity index (χ3n) is 9.07. The van der Waals surface area contributed by atoms with E-state index in [2.05, 4.69) is 108 Å². The first-order valence-electron chi connectivity index (χ1n) is 12.1. The number of fused-ring (bicyclic) bond motifs is 1. The Kier molecular flexibility index (Phi) is 8.40. The summed E-state index contributed by atoms with van der Waals surface area (Å²) >= 11 is -3.37. The van der Waals surface area contributed by atoms with Gasteiger partial charge in [-0.3, -0.25) is 0 Å². The van der Waals surface area contributed by atoms with Gasteiger partial charge in [-0.25, -0.2) is 0 Å². The summed E-state index contributed by atoms with van der Waals surface area (Å²) in [6.45, 7) is 21.1. The Morgan fingerprint density at radius 1 is 0.794 bits per heavy atom. The summed E-state index contributed by atoms with van der Waals surface area (Å²) in [6.07, 6.45) is 2.70. The molecule has 0 fully saturated rings. The van der Waals surface area contributed by atoms with E-state index in [0.717, 1.165) is 0 Å². The fraction of sp³-hybridized carbons (Fsp3) is 0.400. The molecule has 4 rings (SSSR count). The molecule has 2 aromatic carbocycles. The molecule has 184 valence electrons. The second-order valence-corrected chi connectivity index (χ2v) is 41.2. The van der Waals surface area contributed by atoms with Gasteiger partial charge in [0.05, 0.1) is 0 Å². The smallest absolute Gasteiger partial charge is 0.147 e. The van der Waals surface area contributed by atoms with Gasteiger partial charge in [0.25, 0.3) is 0 Å². The largest absolute Gasteiger partial charge is 0.147 e. The maximum atomic E-state index is 2.71. The Balaban J connectivity index is 0.00000204. The van der Waals surface area contributed by atoms with Crippen LogP contribution in [-0.4, -0.2) is 6.88 Å². The molecular formula is C30H42Cl2SiZr. The van der Waals surface area contributed by atoms with Gasteiger partial charge in [0.1, 0.15) is 0 Å². The van der Waals surface area contributed by atoms with E-state index in [4.69, 9.17) is 0 Å². The molecule has 0 amide bonds. The van der Waals surface area contributed by atoms with Crippen molar-refractivity contribution in [2.45, 2.75) is 68.3 Å². The molecular weight excluding hydrogens is 551 g/mol. The maximum Gasteiger partial charge on any atom is -0.147 e. The van der Waals surface area contributed by atoms with Gasteiger partial charge in [-0.1, -0.05) is 0 Å². The van der Waals surface area contributed by atoms with E-state index in [1.807, 2.05) is 3.28 Å². The molecule has 2 atom stereocenters. The molecule has 0 nitrogen and oxygen atoms in total. The van der Waals surface area contributed by atoms with Gasteiger partial charge >= 0.3 is 199 Å². The predicted octanol–water partition coefficient (Wildman–Crippen LogP) is 8.84. The molecule has 0 aromatic heterocycles. The maximum absolute atomic E-state index is 3.37. The van der Waals surface area contributed by atoms with Crippen molar-refractivity contribution in [3.8, 4) is 0 Å². The van der Waals surface area contributed by atoms with E-state index < -0.39 is 17.4 Å². The number of allylic oxidation sites excluding steroid dienone is 5. The molecule has 0 saturated carbocycles. The summed E-state index contributed by atoms with van der Waals surface area (Å²) in [4.78, 5) is 0. The van der Waals surface area contributed by atoms with Crippen LogP contribution in [0.5, 0.6) is 0 Å². The van der Waals surface area contributed by atoms with Crippen LogP contribution in [0.2, 0.25) is 9.26 Å². The minimum absolute atomic E-state index is 0. The molecule has 0 heterocycles. The van der Waals surface area contributed by atoms with Gasteiger partial charge in [-0.2, -0.15) is 0 Å². The van der Waals surface area contributed by atoms with Crippen LogP contribution in [0.15, 0.2) is 56.4 Å². The Hall–Kier alpha value is -0.660. The minimum Gasteiger partial charge on any atom is -0.147 e. The summed E-state index contributed by atoms with van der Waals surface area (Å²) in [6, 6.07) is 11.7. The molecule has 0 bridgehead atoms. The van der Waals surface area contributed by atoms with Crippen molar-refractivity contribution >= 4 is 37.3 Å². The van der Waals surface area contributed by atoms with Crippen LogP contribution in [0, 0.1) is 33.6 Å². The first kappa shape index (κ1) is 29.6. The third kappa shape index (κ3) is 4.26. The number of benzene rings is 2. The van der Waals surface area contributed by atoms with Gasteiger partial charge in [0.2, 0.25) is 0 Å². The van der Waals surface area contributed by atoms with Crippen molar-refractivity contribution in [3.63, 3.8) is 0 Å². The zero-order valence-electron chi connectivity index (χ0n) is 22.6. The molecule has 34 heavy (non-hydrogen) atoms. The molecule has 0 aliphatic heterocycles. The Labute approximate surface area is 222 Å². The number of aryl methyl sites for hydroxylation is 2. The summed E-state index contributed by atoms with van der Waals surface area (Å²) in [7, 11) is 0. The summed E-state index contributed by atoms with van der Waals surface area (Å²) in [5.74, 6) is 0.586. The second-order valence-electron chi connectivity index (χ2n) is 11.7. The van der Waals surface area contributed by atoms with Crippen LogP contribution in [0.25, 0.3) is 5.57 Å². The molecule has 4 heteroatoms. The van der Waals surface area contributed by atoms with Crippen molar-refractivity contribution < 1.29 is 17.4 Å². The van der Waals surface area contributed by atoms with Gasteiger partial charge in [0.15, 0.2) is 0 Å². The van der Waals surface area contributed by atoms with Crippen LogP contribution in [-0.2, 0) is 17.4 Å². The monoisotopic (exact) mass is 590 g/mol. The van der Waals surface area contributed by atoms with Gasteiger partial charge in [0, 0.05) is 0 Å². The summed E-state index contributed by atoms with van der Waals surface area (Å²) < 4.78 is 7.79. The number of hydrogen-bond donors (Lipinski definition) is 0. The van der Waals surface area contributed by atoms with Gasteiger partial charge in [-0.15, -0.1) is 24.8 Å². The Bertz CT molecular complexity index is 1330.